The van der Waals surface area contributed by atoms with E-state index in [1.54, 1.807) is 6.20 Å². The molecule has 0 saturated carbocycles. The minimum absolute atomic E-state index is 0.533. The monoisotopic (exact) mass is 390 g/mol. The van der Waals surface area contributed by atoms with Gasteiger partial charge in [0, 0.05) is 55.7 Å². The Balaban J connectivity index is 1.38. The number of anilines is 1. The highest BCUT2D eigenvalue weighted by Crippen LogP contribution is 2.36. The van der Waals surface area contributed by atoms with E-state index in [0.717, 1.165) is 50.5 Å². The number of benzene rings is 1. The quantitative estimate of drug-likeness (QED) is 0.662. The molecule has 2 aliphatic heterocycles. The number of rotatable bonds is 3. The Labute approximate surface area is 170 Å². The smallest absolute Gasteiger partial charge is 0.132 e. The summed E-state index contributed by atoms with van der Waals surface area (Å²) in [5.74, 6) is 1.14. The lowest BCUT2D eigenvalue weighted by Crippen LogP contribution is -2.55. The molecule has 5 rings (SSSR count). The summed E-state index contributed by atoms with van der Waals surface area (Å²) in [6, 6.07) is 17.3. The molecular formula is C23H23ClN4. The predicted octanol–water partition coefficient (Wildman–Crippen LogP) is 4.43. The van der Waals surface area contributed by atoms with Gasteiger partial charge in [0.05, 0.1) is 10.7 Å². The Bertz CT molecular complexity index is 958. The summed E-state index contributed by atoms with van der Waals surface area (Å²) in [6.45, 7) is 4.21. The van der Waals surface area contributed by atoms with Gasteiger partial charge in [-0.05, 0) is 36.6 Å². The molecule has 3 aromatic rings. The molecule has 142 valence electrons. The van der Waals surface area contributed by atoms with Crippen LogP contribution in [0.2, 0.25) is 5.02 Å². The Kier molecular flexibility index (Phi) is 4.75. The van der Waals surface area contributed by atoms with E-state index in [1.165, 1.54) is 16.7 Å². The van der Waals surface area contributed by atoms with Crippen LogP contribution in [-0.2, 0) is 13.0 Å². The molecule has 2 aliphatic rings. The molecule has 4 nitrogen and oxygen atoms in total. The molecule has 0 aliphatic carbocycles. The van der Waals surface area contributed by atoms with E-state index in [4.69, 9.17) is 16.6 Å². The number of fused-ring (bicyclic) bond motifs is 3. The predicted molar refractivity (Wildman–Crippen MR) is 114 cm³/mol. The molecule has 1 aromatic carbocycles. The zero-order valence-electron chi connectivity index (χ0n) is 15.8. The number of pyridine rings is 2. The van der Waals surface area contributed by atoms with Gasteiger partial charge in [0.2, 0.25) is 0 Å². The van der Waals surface area contributed by atoms with Crippen molar-refractivity contribution < 1.29 is 0 Å². The topological polar surface area (TPSA) is 32.3 Å². The van der Waals surface area contributed by atoms with Crippen LogP contribution >= 0.6 is 11.6 Å². The van der Waals surface area contributed by atoms with Gasteiger partial charge in [-0.1, -0.05) is 41.9 Å². The van der Waals surface area contributed by atoms with Crippen molar-refractivity contribution in [2.75, 3.05) is 24.5 Å². The van der Waals surface area contributed by atoms with Crippen molar-refractivity contribution in [2.24, 2.45) is 0 Å². The summed E-state index contributed by atoms with van der Waals surface area (Å²) in [5.41, 5.74) is 4.88. The van der Waals surface area contributed by atoms with E-state index >= 15 is 0 Å². The SMILES string of the molecule is Clc1ccc(-c2ccnc3c2CCC2CN(Cc4ccccc4)CCN32)nc1. The molecule has 0 radical (unpaired) electrons. The third-order valence-corrected chi connectivity index (χ3v) is 6.08. The summed E-state index contributed by atoms with van der Waals surface area (Å²) >= 11 is 6.02. The summed E-state index contributed by atoms with van der Waals surface area (Å²) < 4.78 is 0. The highest BCUT2D eigenvalue weighted by atomic mass is 35.5. The third kappa shape index (κ3) is 3.38. The average molecular weight is 391 g/mol. The van der Waals surface area contributed by atoms with Crippen molar-refractivity contribution in [1.29, 1.82) is 0 Å². The Hall–Kier alpha value is -2.43. The van der Waals surface area contributed by atoms with Gasteiger partial charge in [0.15, 0.2) is 0 Å². The highest BCUT2D eigenvalue weighted by molar-refractivity contribution is 6.30. The maximum atomic E-state index is 6.02. The summed E-state index contributed by atoms with van der Waals surface area (Å²) in [4.78, 5) is 14.4. The molecule has 1 unspecified atom stereocenters. The number of piperazine rings is 1. The van der Waals surface area contributed by atoms with Gasteiger partial charge in [0.1, 0.15) is 5.82 Å². The van der Waals surface area contributed by atoms with Crippen LogP contribution in [0.1, 0.15) is 17.5 Å². The van der Waals surface area contributed by atoms with Gasteiger partial charge >= 0.3 is 0 Å². The Morgan fingerprint density at radius 1 is 1.00 bits per heavy atom. The number of nitrogens with zero attached hydrogens (tertiary/aromatic N) is 4. The molecule has 1 atom stereocenters. The molecule has 1 saturated heterocycles. The maximum absolute atomic E-state index is 6.02. The van der Waals surface area contributed by atoms with Crippen molar-refractivity contribution in [2.45, 2.75) is 25.4 Å². The molecule has 0 amide bonds. The second kappa shape index (κ2) is 7.53. The lowest BCUT2D eigenvalue weighted by molar-refractivity contribution is 0.206. The molecule has 0 bridgehead atoms. The number of hydrogen-bond donors (Lipinski definition) is 0. The van der Waals surface area contributed by atoms with E-state index in [1.807, 2.05) is 18.3 Å². The third-order valence-electron chi connectivity index (χ3n) is 5.85. The van der Waals surface area contributed by atoms with Crippen LogP contribution in [0, 0.1) is 0 Å². The first-order valence-corrected chi connectivity index (χ1v) is 10.3. The van der Waals surface area contributed by atoms with Crippen LogP contribution in [-0.4, -0.2) is 40.5 Å². The first-order chi connectivity index (χ1) is 13.8. The van der Waals surface area contributed by atoms with Crippen LogP contribution in [0.3, 0.4) is 0 Å². The summed E-state index contributed by atoms with van der Waals surface area (Å²) in [6.07, 6.45) is 5.84. The van der Waals surface area contributed by atoms with Crippen molar-refractivity contribution in [1.82, 2.24) is 14.9 Å². The molecule has 28 heavy (non-hydrogen) atoms. The zero-order chi connectivity index (χ0) is 18.9. The van der Waals surface area contributed by atoms with E-state index in [-0.39, 0.29) is 0 Å². The lowest BCUT2D eigenvalue weighted by Gasteiger charge is -2.45. The fraction of sp³-hybridized carbons (Fsp3) is 0.304. The van der Waals surface area contributed by atoms with Gasteiger partial charge < -0.3 is 4.90 Å². The Morgan fingerprint density at radius 2 is 1.89 bits per heavy atom. The van der Waals surface area contributed by atoms with Crippen LogP contribution in [0.25, 0.3) is 11.3 Å². The van der Waals surface area contributed by atoms with Crippen molar-refractivity contribution in [3.63, 3.8) is 0 Å². The molecule has 5 heteroatoms. The largest absolute Gasteiger partial charge is 0.351 e. The summed E-state index contributed by atoms with van der Waals surface area (Å²) in [7, 11) is 0. The van der Waals surface area contributed by atoms with Crippen molar-refractivity contribution >= 4 is 17.4 Å². The second-order valence-electron chi connectivity index (χ2n) is 7.63. The van der Waals surface area contributed by atoms with Gasteiger partial charge in [-0.15, -0.1) is 0 Å². The minimum atomic E-state index is 0.533. The average Bonchev–Trinajstić information content (AvgIpc) is 2.74. The highest BCUT2D eigenvalue weighted by Gasteiger charge is 2.33. The fourth-order valence-electron chi connectivity index (χ4n) is 4.49. The van der Waals surface area contributed by atoms with Gasteiger partial charge in [-0.2, -0.15) is 0 Å². The molecule has 0 spiro atoms. The van der Waals surface area contributed by atoms with Crippen LogP contribution in [0.5, 0.6) is 0 Å². The van der Waals surface area contributed by atoms with Gasteiger partial charge in [0.25, 0.3) is 0 Å². The van der Waals surface area contributed by atoms with E-state index in [0.29, 0.717) is 11.1 Å². The first-order valence-electron chi connectivity index (χ1n) is 9.90. The standard InChI is InChI=1S/C23H23ClN4/c24-18-6-9-22(26-14-18)20-10-11-25-23-21(20)8-7-19-16-27(12-13-28(19)23)15-17-4-2-1-3-5-17/h1-6,9-11,14,19H,7-8,12-13,15-16H2. The Morgan fingerprint density at radius 3 is 2.71 bits per heavy atom. The molecular weight excluding hydrogens is 368 g/mol. The van der Waals surface area contributed by atoms with Gasteiger partial charge in [-0.25, -0.2) is 4.98 Å². The van der Waals surface area contributed by atoms with Crippen molar-refractivity contribution in [3.8, 4) is 11.3 Å². The number of aromatic nitrogens is 2. The summed E-state index contributed by atoms with van der Waals surface area (Å²) in [5, 5.41) is 0.668. The van der Waals surface area contributed by atoms with Crippen molar-refractivity contribution in [3.05, 3.63) is 77.1 Å². The molecule has 0 N–H and O–H groups in total. The lowest BCUT2D eigenvalue weighted by atomic mass is 9.92. The van der Waals surface area contributed by atoms with Crippen LogP contribution in [0.4, 0.5) is 5.82 Å². The minimum Gasteiger partial charge on any atom is -0.351 e. The molecule has 4 heterocycles. The van der Waals surface area contributed by atoms with E-state index < -0.39 is 0 Å². The number of hydrogen-bond acceptors (Lipinski definition) is 4. The fourth-order valence-corrected chi connectivity index (χ4v) is 4.60. The normalized spacial score (nSPS) is 19.2. The van der Waals surface area contributed by atoms with Crippen LogP contribution < -0.4 is 4.90 Å². The second-order valence-corrected chi connectivity index (χ2v) is 8.07. The first kappa shape index (κ1) is 17.7. The molecule has 2 aromatic heterocycles. The zero-order valence-corrected chi connectivity index (χ0v) is 16.5. The maximum Gasteiger partial charge on any atom is 0.132 e. The molecule has 1 fully saturated rings. The number of halogens is 1. The van der Waals surface area contributed by atoms with E-state index in [9.17, 15) is 0 Å². The van der Waals surface area contributed by atoms with Crippen LogP contribution in [0.15, 0.2) is 60.9 Å². The van der Waals surface area contributed by atoms with Gasteiger partial charge in [-0.3, -0.25) is 9.88 Å². The van der Waals surface area contributed by atoms with E-state index in [2.05, 4.69) is 51.2 Å².